The third-order valence-corrected chi connectivity index (χ3v) is 5.75. The van der Waals surface area contributed by atoms with Crippen molar-refractivity contribution in [3.8, 4) is 0 Å². The van der Waals surface area contributed by atoms with E-state index in [0.29, 0.717) is 6.04 Å². The Morgan fingerprint density at radius 3 is 2.48 bits per heavy atom. The maximum atomic E-state index is 12.2. The Kier molecular flexibility index (Phi) is 6.93. The highest BCUT2D eigenvalue weighted by Crippen LogP contribution is 2.31. The first-order valence-corrected chi connectivity index (χ1v) is 10.4. The summed E-state index contributed by atoms with van der Waals surface area (Å²) in [4.78, 5) is 21.1. The molecule has 1 saturated carbocycles. The molecule has 9 heteroatoms. The normalized spacial score (nSPS) is 18.2. The van der Waals surface area contributed by atoms with E-state index < -0.39 is 12.1 Å². The summed E-state index contributed by atoms with van der Waals surface area (Å²) in [5.41, 5.74) is 4.00. The molecule has 1 fully saturated rings. The average Bonchev–Trinajstić information content (AvgIpc) is 3.46. The minimum atomic E-state index is -5.08. The van der Waals surface area contributed by atoms with E-state index in [0.717, 1.165) is 49.8 Å². The number of carbonyl (C=O) groups is 1. The number of aryl methyl sites for hydroxylation is 2. The first-order chi connectivity index (χ1) is 14.5. The van der Waals surface area contributed by atoms with Crippen molar-refractivity contribution >= 4 is 5.97 Å². The maximum absolute atomic E-state index is 12.2. The number of alkyl halides is 3. The topological polar surface area (TPSA) is 84.5 Å². The second kappa shape index (κ2) is 9.30. The Labute approximate surface area is 178 Å². The van der Waals surface area contributed by atoms with E-state index in [1.54, 1.807) is 6.07 Å². The van der Waals surface area contributed by atoms with Crippen LogP contribution in [0.2, 0.25) is 0 Å². The highest BCUT2D eigenvalue weighted by Gasteiger charge is 2.38. The predicted octanol–water partition coefficient (Wildman–Crippen LogP) is 3.75. The SMILES string of the molecule is Cc1cc(CNC2CCc3c(ccc(=O)n3CC3CC3)C2)oc1C.O=C(O)C(F)(F)F. The fourth-order valence-corrected chi connectivity index (χ4v) is 3.74. The van der Waals surface area contributed by atoms with Crippen LogP contribution >= 0.6 is 0 Å². The van der Waals surface area contributed by atoms with Gasteiger partial charge >= 0.3 is 12.1 Å². The number of furan rings is 1. The standard InChI is InChI=1S/C20H26N2O2.C2HF3O2/c1-13-9-18(24-14(13)2)11-21-17-6-7-19-16(10-17)5-8-20(23)22(19)12-15-3-4-15;3-2(4,5)1(6)7/h5,8-9,15,17,21H,3-4,6-7,10-12H2,1-2H3;(H,6,7). The minimum absolute atomic E-state index is 0.175. The van der Waals surface area contributed by atoms with Crippen LogP contribution < -0.4 is 10.9 Å². The molecule has 2 aliphatic rings. The Morgan fingerprint density at radius 2 is 1.94 bits per heavy atom. The molecule has 2 aliphatic carbocycles. The van der Waals surface area contributed by atoms with Gasteiger partial charge in [0.05, 0.1) is 6.54 Å². The van der Waals surface area contributed by atoms with Gasteiger partial charge in [-0.05, 0) is 69.1 Å². The molecule has 31 heavy (non-hydrogen) atoms. The Balaban J connectivity index is 0.000000339. The second-order valence-electron chi connectivity index (χ2n) is 8.27. The lowest BCUT2D eigenvalue weighted by atomic mass is 9.91. The summed E-state index contributed by atoms with van der Waals surface area (Å²) < 4.78 is 39.5. The summed E-state index contributed by atoms with van der Waals surface area (Å²) in [6.07, 6.45) is 0.551. The second-order valence-corrected chi connectivity index (χ2v) is 8.27. The Hall–Kier alpha value is -2.55. The summed E-state index contributed by atoms with van der Waals surface area (Å²) in [5.74, 6) is -0.0117. The van der Waals surface area contributed by atoms with Crippen LogP contribution in [0.3, 0.4) is 0 Å². The van der Waals surface area contributed by atoms with Crippen molar-refractivity contribution in [3.63, 3.8) is 0 Å². The Morgan fingerprint density at radius 1 is 1.26 bits per heavy atom. The first-order valence-electron chi connectivity index (χ1n) is 10.4. The van der Waals surface area contributed by atoms with Gasteiger partial charge in [-0.15, -0.1) is 0 Å². The minimum Gasteiger partial charge on any atom is -0.475 e. The van der Waals surface area contributed by atoms with Gasteiger partial charge in [-0.3, -0.25) is 4.79 Å². The van der Waals surface area contributed by atoms with E-state index >= 15 is 0 Å². The molecule has 0 aromatic carbocycles. The monoisotopic (exact) mass is 440 g/mol. The van der Waals surface area contributed by atoms with E-state index in [4.69, 9.17) is 14.3 Å². The third-order valence-electron chi connectivity index (χ3n) is 5.75. The molecule has 0 saturated heterocycles. The van der Waals surface area contributed by atoms with Gasteiger partial charge in [-0.2, -0.15) is 13.2 Å². The van der Waals surface area contributed by atoms with Gasteiger partial charge in [0.15, 0.2) is 0 Å². The molecule has 0 spiro atoms. The third kappa shape index (κ3) is 6.22. The fourth-order valence-electron chi connectivity index (χ4n) is 3.74. The number of hydrogen-bond acceptors (Lipinski definition) is 4. The van der Waals surface area contributed by atoms with Gasteiger partial charge in [0.2, 0.25) is 0 Å². The van der Waals surface area contributed by atoms with Crippen molar-refractivity contribution < 1.29 is 27.5 Å². The summed E-state index contributed by atoms with van der Waals surface area (Å²) in [6, 6.07) is 6.36. The molecule has 2 aromatic heterocycles. The number of aromatic nitrogens is 1. The lowest BCUT2D eigenvalue weighted by molar-refractivity contribution is -0.192. The van der Waals surface area contributed by atoms with Crippen molar-refractivity contribution in [2.75, 3.05) is 0 Å². The Bertz CT molecular complexity index is 970. The van der Waals surface area contributed by atoms with E-state index in [-0.39, 0.29) is 5.56 Å². The van der Waals surface area contributed by atoms with Gasteiger partial charge < -0.3 is 19.4 Å². The zero-order valence-corrected chi connectivity index (χ0v) is 17.6. The summed E-state index contributed by atoms with van der Waals surface area (Å²) >= 11 is 0. The number of pyridine rings is 1. The van der Waals surface area contributed by atoms with E-state index in [1.807, 2.05) is 17.6 Å². The highest BCUT2D eigenvalue weighted by atomic mass is 19.4. The molecule has 1 unspecified atom stereocenters. The number of rotatable bonds is 5. The van der Waals surface area contributed by atoms with Crippen molar-refractivity contribution in [1.29, 1.82) is 0 Å². The van der Waals surface area contributed by atoms with Crippen LogP contribution in [0.1, 0.15) is 47.6 Å². The number of nitrogens with zero attached hydrogens (tertiary/aromatic N) is 1. The average molecular weight is 440 g/mol. The zero-order valence-electron chi connectivity index (χ0n) is 17.6. The largest absolute Gasteiger partial charge is 0.490 e. The van der Waals surface area contributed by atoms with Crippen molar-refractivity contribution in [2.45, 2.75) is 71.3 Å². The van der Waals surface area contributed by atoms with Crippen LogP contribution in [0, 0.1) is 19.8 Å². The maximum Gasteiger partial charge on any atom is 0.490 e. The van der Waals surface area contributed by atoms with Gasteiger partial charge in [0.25, 0.3) is 5.56 Å². The van der Waals surface area contributed by atoms with Crippen molar-refractivity contribution in [1.82, 2.24) is 9.88 Å². The van der Waals surface area contributed by atoms with Crippen molar-refractivity contribution in [3.05, 3.63) is 56.9 Å². The molecule has 170 valence electrons. The summed E-state index contributed by atoms with van der Waals surface area (Å²) in [5, 5.41) is 10.8. The van der Waals surface area contributed by atoms with Crippen LogP contribution in [-0.2, 0) is 30.7 Å². The van der Waals surface area contributed by atoms with Crippen LogP contribution in [0.4, 0.5) is 13.2 Å². The fraction of sp³-hybridized carbons (Fsp3) is 0.545. The van der Waals surface area contributed by atoms with Gasteiger partial charge in [-0.25, -0.2) is 4.79 Å². The molecule has 0 radical (unpaired) electrons. The number of aliphatic carboxylic acids is 1. The lowest BCUT2D eigenvalue weighted by Crippen LogP contribution is -2.37. The first kappa shape index (κ1) is 23.1. The van der Waals surface area contributed by atoms with Crippen LogP contribution in [-0.4, -0.2) is 27.9 Å². The molecule has 1 atom stereocenters. The summed E-state index contributed by atoms with van der Waals surface area (Å²) in [7, 11) is 0. The quantitative estimate of drug-likeness (QED) is 0.740. The molecule has 6 nitrogen and oxygen atoms in total. The number of nitrogens with one attached hydrogen (secondary N) is 1. The molecular weight excluding hydrogens is 413 g/mol. The molecule has 2 N–H and O–H groups in total. The molecule has 0 aliphatic heterocycles. The molecule has 2 heterocycles. The number of carboxylic acid groups (broad SMARTS) is 1. The molecular formula is C22H27F3N2O4. The van der Waals surface area contributed by atoms with Crippen LogP contribution in [0.15, 0.2) is 27.4 Å². The van der Waals surface area contributed by atoms with Crippen LogP contribution in [0.25, 0.3) is 0 Å². The number of halogens is 3. The van der Waals surface area contributed by atoms with E-state index in [2.05, 4.69) is 18.3 Å². The molecule has 4 rings (SSSR count). The van der Waals surface area contributed by atoms with E-state index in [9.17, 15) is 18.0 Å². The predicted molar refractivity (Wildman–Crippen MR) is 108 cm³/mol. The molecule has 0 bridgehead atoms. The smallest absolute Gasteiger partial charge is 0.475 e. The summed E-state index contributed by atoms with van der Waals surface area (Å²) in [6.45, 7) is 5.79. The lowest BCUT2D eigenvalue weighted by Gasteiger charge is -2.27. The van der Waals surface area contributed by atoms with E-state index in [1.165, 1.54) is 29.7 Å². The zero-order chi connectivity index (χ0) is 22.8. The number of carboxylic acids is 1. The van der Waals surface area contributed by atoms with Crippen molar-refractivity contribution in [2.24, 2.45) is 5.92 Å². The van der Waals surface area contributed by atoms with Gasteiger partial charge in [0.1, 0.15) is 11.5 Å². The number of fused-ring (bicyclic) bond motifs is 1. The highest BCUT2D eigenvalue weighted by molar-refractivity contribution is 5.73. The van der Waals surface area contributed by atoms with Crippen LogP contribution in [0.5, 0.6) is 0 Å². The van der Waals surface area contributed by atoms with Gasteiger partial charge in [-0.1, -0.05) is 6.07 Å². The molecule has 2 aromatic rings. The number of hydrogen-bond donors (Lipinski definition) is 2. The molecule has 0 amide bonds. The van der Waals surface area contributed by atoms with Gasteiger partial charge in [0, 0.05) is 24.3 Å².